The SMILES string of the molecule is Cc1ccnc(Oc2cccc(F)c2)c1C(=N)N. The lowest BCUT2D eigenvalue weighted by Crippen LogP contribution is -2.14. The van der Waals surface area contributed by atoms with Crippen LogP contribution in [0.3, 0.4) is 0 Å². The molecule has 0 spiro atoms. The first-order chi connectivity index (χ1) is 8.58. The minimum Gasteiger partial charge on any atom is -0.438 e. The van der Waals surface area contributed by atoms with Crippen LogP contribution in [0.2, 0.25) is 0 Å². The van der Waals surface area contributed by atoms with Crippen molar-refractivity contribution in [3.63, 3.8) is 0 Å². The van der Waals surface area contributed by atoms with Gasteiger partial charge in [-0.15, -0.1) is 0 Å². The van der Waals surface area contributed by atoms with E-state index in [0.29, 0.717) is 11.3 Å². The van der Waals surface area contributed by atoms with Crippen LogP contribution in [-0.2, 0) is 0 Å². The summed E-state index contributed by atoms with van der Waals surface area (Å²) in [6, 6.07) is 7.44. The highest BCUT2D eigenvalue weighted by Crippen LogP contribution is 2.25. The largest absolute Gasteiger partial charge is 0.438 e. The number of rotatable bonds is 3. The minimum atomic E-state index is -0.399. The van der Waals surface area contributed by atoms with Gasteiger partial charge in [0.1, 0.15) is 17.4 Å². The predicted molar refractivity (Wildman–Crippen MR) is 66.5 cm³/mol. The first-order valence-corrected chi connectivity index (χ1v) is 5.31. The van der Waals surface area contributed by atoms with Crippen molar-refractivity contribution in [2.24, 2.45) is 5.73 Å². The number of nitrogens with two attached hydrogens (primary N) is 1. The highest BCUT2D eigenvalue weighted by molar-refractivity contribution is 5.98. The van der Waals surface area contributed by atoms with Crippen molar-refractivity contribution < 1.29 is 9.13 Å². The molecule has 0 aliphatic carbocycles. The summed E-state index contributed by atoms with van der Waals surface area (Å²) in [6.07, 6.45) is 1.55. The molecule has 0 unspecified atom stereocenters. The Morgan fingerprint density at radius 2 is 2.17 bits per heavy atom. The fourth-order valence-corrected chi connectivity index (χ4v) is 1.58. The van der Waals surface area contributed by atoms with Gasteiger partial charge in [0.15, 0.2) is 0 Å². The third kappa shape index (κ3) is 2.45. The van der Waals surface area contributed by atoms with E-state index in [1.807, 2.05) is 0 Å². The van der Waals surface area contributed by atoms with Crippen LogP contribution in [0.25, 0.3) is 0 Å². The van der Waals surface area contributed by atoms with E-state index < -0.39 is 5.82 Å². The van der Waals surface area contributed by atoms with E-state index in [4.69, 9.17) is 15.9 Å². The molecule has 1 heterocycles. The fourth-order valence-electron chi connectivity index (χ4n) is 1.58. The zero-order valence-electron chi connectivity index (χ0n) is 9.77. The Balaban J connectivity index is 2.40. The smallest absolute Gasteiger partial charge is 0.230 e. The lowest BCUT2D eigenvalue weighted by Gasteiger charge is -2.11. The molecule has 0 radical (unpaired) electrons. The van der Waals surface area contributed by atoms with Crippen molar-refractivity contribution in [2.75, 3.05) is 0 Å². The fraction of sp³-hybridized carbons (Fsp3) is 0.0769. The van der Waals surface area contributed by atoms with Crippen LogP contribution in [0.1, 0.15) is 11.1 Å². The quantitative estimate of drug-likeness (QED) is 0.645. The number of aromatic nitrogens is 1. The maximum Gasteiger partial charge on any atom is 0.230 e. The average Bonchev–Trinajstić information content (AvgIpc) is 2.28. The van der Waals surface area contributed by atoms with Crippen molar-refractivity contribution >= 4 is 5.84 Å². The molecule has 0 aliphatic heterocycles. The van der Waals surface area contributed by atoms with Crippen LogP contribution in [0.4, 0.5) is 4.39 Å². The number of benzene rings is 1. The lowest BCUT2D eigenvalue weighted by molar-refractivity contribution is 0.456. The number of halogens is 1. The van der Waals surface area contributed by atoms with Crippen LogP contribution >= 0.6 is 0 Å². The normalized spacial score (nSPS) is 10.1. The molecule has 5 heteroatoms. The van der Waals surface area contributed by atoms with Gasteiger partial charge in [-0.2, -0.15) is 0 Å². The molecule has 3 N–H and O–H groups in total. The molecule has 0 aliphatic rings. The number of hydrogen-bond donors (Lipinski definition) is 2. The van der Waals surface area contributed by atoms with E-state index in [-0.39, 0.29) is 11.7 Å². The number of nitrogens with zero attached hydrogens (tertiary/aromatic N) is 1. The Labute approximate surface area is 104 Å². The second-order valence-electron chi connectivity index (χ2n) is 3.78. The number of hydrogen-bond acceptors (Lipinski definition) is 3. The molecule has 2 aromatic rings. The molecule has 18 heavy (non-hydrogen) atoms. The summed E-state index contributed by atoms with van der Waals surface area (Å²) in [6.45, 7) is 1.80. The van der Waals surface area contributed by atoms with Gasteiger partial charge in [0.05, 0.1) is 5.56 Å². The molecule has 1 aromatic carbocycles. The average molecular weight is 245 g/mol. The van der Waals surface area contributed by atoms with E-state index in [0.717, 1.165) is 5.56 Å². The Hall–Kier alpha value is -2.43. The number of pyridine rings is 1. The lowest BCUT2D eigenvalue weighted by atomic mass is 10.1. The van der Waals surface area contributed by atoms with Gasteiger partial charge in [-0.1, -0.05) is 6.07 Å². The maximum atomic E-state index is 13.0. The van der Waals surface area contributed by atoms with Gasteiger partial charge >= 0.3 is 0 Å². The molecule has 0 amide bonds. The molecule has 0 fully saturated rings. The summed E-state index contributed by atoms with van der Waals surface area (Å²) in [5.41, 5.74) is 6.69. The van der Waals surface area contributed by atoms with Crippen molar-refractivity contribution in [3.05, 3.63) is 53.5 Å². The Morgan fingerprint density at radius 1 is 1.39 bits per heavy atom. The van der Waals surface area contributed by atoms with Gasteiger partial charge < -0.3 is 10.5 Å². The maximum absolute atomic E-state index is 13.0. The van der Waals surface area contributed by atoms with Gasteiger partial charge in [-0.05, 0) is 30.7 Å². The molecule has 92 valence electrons. The number of amidine groups is 1. The first kappa shape index (κ1) is 12.0. The zero-order valence-corrected chi connectivity index (χ0v) is 9.77. The Morgan fingerprint density at radius 3 is 2.83 bits per heavy atom. The van der Waals surface area contributed by atoms with Crippen molar-refractivity contribution in [2.45, 2.75) is 6.92 Å². The third-order valence-corrected chi connectivity index (χ3v) is 2.40. The van der Waals surface area contributed by atoms with E-state index in [1.54, 1.807) is 25.3 Å². The molecule has 4 nitrogen and oxygen atoms in total. The van der Waals surface area contributed by atoms with Gasteiger partial charge in [-0.25, -0.2) is 9.37 Å². The van der Waals surface area contributed by atoms with Crippen LogP contribution in [0.5, 0.6) is 11.6 Å². The van der Waals surface area contributed by atoms with E-state index in [2.05, 4.69) is 4.98 Å². The van der Waals surface area contributed by atoms with Crippen LogP contribution in [-0.4, -0.2) is 10.8 Å². The summed E-state index contributed by atoms with van der Waals surface area (Å²) in [7, 11) is 0. The summed E-state index contributed by atoms with van der Waals surface area (Å²) < 4.78 is 18.5. The standard InChI is InChI=1S/C13H12FN3O/c1-8-5-6-17-13(11(8)12(15)16)18-10-4-2-3-9(14)7-10/h2-7H,1H3,(H3,15,16). The predicted octanol–water partition coefficient (Wildman–Crippen LogP) is 2.61. The molecule has 0 saturated heterocycles. The summed E-state index contributed by atoms with van der Waals surface area (Å²) in [4.78, 5) is 4.02. The van der Waals surface area contributed by atoms with Crippen LogP contribution in [0, 0.1) is 18.2 Å². The van der Waals surface area contributed by atoms with Gasteiger partial charge in [0, 0.05) is 12.3 Å². The van der Waals surface area contributed by atoms with E-state index in [9.17, 15) is 4.39 Å². The summed E-state index contributed by atoms with van der Waals surface area (Å²) >= 11 is 0. The van der Waals surface area contributed by atoms with Crippen molar-refractivity contribution in [1.29, 1.82) is 5.41 Å². The first-order valence-electron chi connectivity index (χ1n) is 5.31. The number of aryl methyl sites for hydroxylation is 1. The third-order valence-electron chi connectivity index (χ3n) is 2.40. The second kappa shape index (κ2) is 4.83. The molecule has 0 bridgehead atoms. The minimum absolute atomic E-state index is 0.132. The summed E-state index contributed by atoms with van der Waals surface area (Å²) in [5, 5.41) is 7.51. The highest BCUT2D eigenvalue weighted by atomic mass is 19.1. The Kier molecular flexibility index (Phi) is 3.23. The molecule has 1 aromatic heterocycles. The molecular formula is C13H12FN3O. The number of nitrogen functional groups attached to an aromatic ring is 1. The number of nitrogens with one attached hydrogen (secondary N) is 1. The zero-order chi connectivity index (χ0) is 13.1. The molecule has 2 rings (SSSR count). The Bertz CT molecular complexity index is 599. The van der Waals surface area contributed by atoms with Gasteiger partial charge in [-0.3, -0.25) is 5.41 Å². The molecular weight excluding hydrogens is 233 g/mol. The molecule has 0 saturated carbocycles. The monoisotopic (exact) mass is 245 g/mol. The summed E-state index contributed by atoms with van der Waals surface area (Å²) in [5.74, 6) is -0.0137. The molecule has 0 atom stereocenters. The van der Waals surface area contributed by atoms with E-state index in [1.165, 1.54) is 18.2 Å². The van der Waals surface area contributed by atoms with Crippen LogP contribution < -0.4 is 10.5 Å². The second-order valence-corrected chi connectivity index (χ2v) is 3.78. The van der Waals surface area contributed by atoms with E-state index >= 15 is 0 Å². The van der Waals surface area contributed by atoms with Crippen molar-refractivity contribution in [3.8, 4) is 11.6 Å². The highest BCUT2D eigenvalue weighted by Gasteiger charge is 2.12. The topological polar surface area (TPSA) is 72.0 Å². The van der Waals surface area contributed by atoms with Crippen LogP contribution in [0.15, 0.2) is 36.5 Å². The van der Waals surface area contributed by atoms with Gasteiger partial charge in [0.2, 0.25) is 5.88 Å². The van der Waals surface area contributed by atoms with Crippen molar-refractivity contribution in [1.82, 2.24) is 4.98 Å². The van der Waals surface area contributed by atoms with Gasteiger partial charge in [0.25, 0.3) is 0 Å². The number of ether oxygens (including phenoxy) is 1.